The number of carboxylic acid groups (broad SMARTS) is 1. The molecule has 0 radical (unpaired) electrons. The summed E-state index contributed by atoms with van der Waals surface area (Å²) in [7, 11) is 0. The number of carboxylic acids is 1. The third-order valence-corrected chi connectivity index (χ3v) is 4.58. The standard InChI is InChI=1S/C17H18ClN3O3/c1-11-4-5-13(18)12(9-11)15-3-2-7-21(15)16(22)10-20-8-6-14(19-20)17(23)24/h4-6,8-9,15H,2-3,7,10H2,1H3,(H,23,24). The van der Waals surface area contributed by atoms with Gasteiger partial charge in [0.25, 0.3) is 0 Å². The minimum Gasteiger partial charge on any atom is -0.476 e. The summed E-state index contributed by atoms with van der Waals surface area (Å²) in [5.41, 5.74) is 2.00. The van der Waals surface area contributed by atoms with Crippen LogP contribution in [0.3, 0.4) is 0 Å². The fourth-order valence-electron chi connectivity index (χ4n) is 3.10. The summed E-state index contributed by atoms with van der Waals surface area (Å²) in [5.74, 6) is -1.19. The first-order valence-electron chi connectivity index (χ1n) is 7.78. The topological polar surface area (TPSA) is 75.4 Å². The van der Waals surface area contributed by atoms with Crippen LogP contribution in [-0.2, 0) is 11.3 Å². The molecule has 6 nitrogen and oxygen atoms in total. The fourth-order valence-corrected chi connectivity index (χ4v) is 3.34. The fraction of sp³-hybridized carbons (Fsp3) is 0.353. The average molecular weight is 348 g/mol. The Balaban J connectivity index is 1.78. The van der Waals surface area contributed by atoms with Crippen LogP contribution >= 0.6 is 11.6 Å². The van der Waals surface area contributed by atoms with Gasteiger partial charge < -0.3 is 10.0 Å². The van der Waals surface area contributed by atoms with E-state index in [-0.39, 0.29) is 24.2 Å². The van der Waals surface area contributed by atoms with Crippen LogP contribution in [0.4, 0.5) is 0 Å². The molecule has 1 fully saturated rings. The molecule has 1 atom stereocenters. The molecule has 7 heteroatoms. The van der Waals surface area contributed by atoms with Gasteiger partial charge in [-0.05, 0) is 37.5 Å². The number of rotatable bonds is 4. The molecule has 1 aliphatic rings. The first-order valence-corrected chi connectivity index (χ1v) is 8.16. The Hall–Kier alpha value is -2.34. The normalized spacial score (nSPS) is 17.2. The number of amides is 1. The highest BCUT2D eigenvalue weighted by molar-refractivity contribution is 6.31. The number of nitrogens with zero attached hydrogens (tertiary/aromatic N) is 3. The van der Waals surface area contributed by atoms with E-state index < -0.39 is 5.97 Å². The molecule has 0 saturated carbocycles. The minimum absolute atomic E-state index is 0.0210. The monoisotopic (exact) mass is 347 g/mol. The van der Waals surface area contributed by atoms with E-state index in [0.29, 0.717) is 11.6 Å². The summed E-state index contributed by atoms with van der Waals surface area (Å²) < 4.78 is 1.36. The van der Waals surface area contributed by atoms with Gasteiger partial charge in [0.05, 0.1) is 6.04 Å². The van der Waals surface area contributed by atoms with Crippen LogP contribution in [0.25, 0.3) is 0 Å². The molecule has 1 saturated heterocycles. The maximum atomic E-state index is 12.6. The van der Waals surface area contributed by atoms with Crippen molar-refractivity contribution >= 4 is 23.5 Å². The van der Waals surface area contributed by atoms with E-state index in [9.17, 15) is 9.59 Å². The quantitative estimate of drug-likeness (QED) is 0.922. The lowest BCUT2D eigenvalue weighted by Crippen LogP contribution is -2.33. The van der Waals surface area contributed by atoms with Gasteiger partial charge in [0.15, 0.2) is 5.69 Å². The van der Waals surface area contributed by atoms with Crippen LogP contribution in [0.2, 0.25) is 5.02 Å². The second kappa shape index (κ2) is 6.65. The Kier molecular flexibility index (Phi) is 4.57. The van der Waals surface area contributed by atoms with Crippen molar-refractivity contribution in [2.75, 3.05) is 6.54 Å². The van der Waals surface area contributed by atoms with Crippen molar-refractivity contribution in [3.63, 3.8) is 0 Å². The first kappa shape index (κ1) is 16.5. The van der Waals surface area contributed by atoms with E-state index in [1.165, 1.54) is 16.9 Å². The van der Waals surface area contributed by atoms with Gasteiger partial charge in [0.1, 0.15) is 6.54 Å². The maximum Gasteiger partial charge on any atom is 0.356 e. The van der Waals surface area contributed by atoms with Gasteiger partial charge in [-0.2, -0.15) is 5.10 Å². The Morgan fingerprint density at radius 3 is 2.88 bits per heavy atom. The third-order valence-electron chi connectivity index (χ3n) is 4.24. The third kappa shape index (κ3) is 3.28. The summed E-state index contributed by atoms with van der Waals surface area (Å²) >= 11 is 6.32. The molecule has 1 aromatic carbocycles. The van der Waals surface area contributed by atoms with E-state index in [4.69, 9.17) is 16.7 Å². The van der Waals surface area contributed by atoms with E-state index in [1.54, 1.807) is 0 Å². The molecule has 2 heterocycles. The number of halogens is 1. The molecule has 126 valence electrons. The summed E-state index contributed by atoms with van der Waals surface area (Å²) in [4.78, 5) is 25.3. The van der Waals surface area contributed by atoms with Crippen LogP contribution in [0.5, 0.6) is 0 Å². The summed E-state index contributed by atoms with van der Waals surface area (Å²) in [5, 5.41) is 13.5. The van der Waals surface area contributed by atoms with Crippen LogP contribution in [0, 0.1) is 6.92 Å². The zero-order valence-corrected chi connectivity index (χ0v) is 14.0. The Morgan fingerprint density at radius 1 is 1.38 bits per heavy atom. The van der Waals surface area contributed by atoms with Gasteiger partial charge in [-0.3, -0.25) is 9.48 Å². The van der Waals surface area contributed by atoms with Crippen molar-refractivity contribution in [3.8, 4) is 0 Å². The highest BCUT2D eigenvalue weighted by atomic mass is 35.5. The van der Waals surface area contributed by atoms with Crippen LogP contribution in [-0.4, -0.2) is 38.2 Å². The average Bonchev–Trinajstić information content (AvgIpc) is 3.18. The Morgan fingerprint density at radius 2 is 2.17 bits per heavy atom. The van der Waals surface area contributed by atoms with Crippen molar-refractivity contribution in [3.05, 3.63) is 52.3 Å². The number of aromatic nitrogens is 2. The second-order valence-corrected chi connectivity index (χ2v) is 6.38. The van der Waals surface area contributed by atoms with Crippen molar-refractivity contribution < 1.29 is 14.7 Å². The highest BCUT2D eigenvalue weighted by Gasteiger charge is 2.31. The highest BCUT2D eigenvalue weighted by Crippen LogP contribution is 2.36. The van der Waals surface area contributed by atoms with Crippen LogP contribution in [0.15, 0.2) is 30.5 Å². The van der Waals surface area contributed by atoms with Gasteiger partial charge >= 0.3 is 5.97 Å². The lowest BCUT2D eigenvalue weighted by Gasteiger charge is -2.26. The maximum absolute atomic E-state index is 12.6. The van der Waals surface area contributed by atoms with Gasteiger partial charge in [-0.25, -0.2) is 4.79 Å². The van der Waals surface area contributed by atoms with E-state index in [0.717, 1.165) is 24.0 Å². The van der Waals surface area contributed by atoms with Crippen molar-refractivity contribution in [1.29, 1.82) is 0 Å². The van der Waals surface area contributed by atoms with Crippen molar-refractivity contribution in [1.82, 2.24) is 14.7 Å². The Bertz CT molecular complexity index is 787. The van der Waals surface area contributed by atoms with E-state index in [2.05, 4.69) is 5.10 Å². The molecule has 24 heavy (non-hydrogen) atoms. The smallest absolute Gasteiger partial charge is 0.356 e. The molecule has 0 spiro atoms. The zero-order valence-electron chi connectivity index (χ0n) is 13.3. The number of aryl methyl sites for hydroxylation is 1. The summed E-state index contributed by atoms with van der Waals surface area (Å²) in [6, 6.07) is 7.17. The number of carbonyl (C=O) groups is 2. The molecule has 1 N–H and O–H groups in total. The predicted octanol–water partition coefficient (Wildman–Crippen LogP) is 2.91. The second-order valence-electron chi connectivity index (χ2n) is 5.97. The van der Waals surface area contributed by atoms with Crippen molar-refractivity contribution in [2.45, 2.75) is 32.4 Å². The molecular weight excluding hydrogens is 330 g/mol. The summed E-state index contributed by atoms with van der Waals surface area (Å²) in [6.07, 6.45) is 3.29. The number of likely N-dealkylation sites (tertiary alicyclic amines) is 1. The van der Waals surface area contributed by atoms with Crippen LogP contribution < -0.4 is 0 Å². The van der Waals surface area contributed by atoms with E-state index in [1.807, 2.05) is 30.0 Å². The van der Waals surface area contributed by atoms with Crippen LogP contribution in [0.1, 0.15) is 40.5 Å². The lowest BCUT2D eigenvalue weighted by atomic mass is 10.0. The summed E-state index contributed by atoms with van der Waals surface area (Å²) in [6.45, 7) is 2.69. The first-order chi connectivity index (χ1) is 11.5. The molecule has 0 bridgehead atoms. The van der Waals surface area contributed by atoms with Gasteiger partial charge in [0, 0.05) is 17.8 Å². The predicted molar refractivity (Wildman–Crippen MR) is 89.1 cm³/mol. The molecule has 1 unspecified atom stereocenters. The molecule has 1 aromatic heterocycles. The number of benzene rings is 1. The van der Waals surface area contributed by atoms with Gasteiger partial charge in [-0.1, -0.05) is 29.3 Å². The van der Waals surface area contributed by atoms with E-state index >= 15 is 0 Å². The minimum atomic E-state index is -1.10. The molecule has 2 aromatic rings. The molecule has 3 rings (SSSR count). The number of carbonyl (C=O) groups excluding carboxylic acids is 1. The number of hydrogen-bond donors (Lipinski definition) is 1. The number of hydrogen-bond acceptors (Lipinski definition) is 3. The molecule has 1 aliphatic heterocycles. The van der Waals surface area contributed by atoms with Gasteiger partial charge in [-0.15, -0.1) is 0 Å². The Labute approximate surface area is 144 Å². The molecular formula is C17H18ClN3O3. The zero-order chi connectivity index (χ0) is 17.3. The molecule has 0 aliphatic carbocycles. The lowest BCUT2D eigenvalue weighted by molar-refractivity contribution is -0.133. The van der Waals surface area contributed by atoms with Crippen molar-refractivity contribution in [2.24, 2.45) is 0 Å². The largest absolute Gasteiger partial charge is 0.476 e. The number of aromatic carboxylic acids is 1. The molecule has 1 amide bonds. The SMILES string of the molecule is Cc1ccc(Cl)c(C2CCCN2C(=O)Cn2ccc(C(=O)O)n2)c1. The van der Waals surface area contributed by atoms with Gasteiger partial charge in [0.2, 0.25) is 5.91 Å².